The number of nitrogens with one attached hydrogen (secondary N) is 1. The van der Waals surface area contributed by atoms with E-state index >= 15 is 0 Å². The zero-order chi connectivity index (χ0) is 17.2. The number of benzene rings is 1. The highest BCUT2D eigenvalue weighted by molar-refractivity contribution is 9.10. The van der Waals surface area contributed by atoms with Gasteiger partial charge in [0.15, 0.2) is 0 Å². The molecule has 9 heteroatoms. The van der Waals surface area contributed by atoms with Crippen LogP contribution in [0.2, 0.25) is 0 Å². The average molecular weight is 386 g/mol. The first-order chi connectivity index (χ1) is 11.0. The van der Waals surface area contributed by atoms with E-state index in [0.29, 0.717) is 28.1 Å². The van der Waals surface area contributed by atoms with Gasteiger partial charge in [-0.1, -0.05) is 12.1 Å². The minimum Gasteiger partial charge on any atom is -0.473 e. The molecule has 0 saturated carbocycles. The number of rotatable bonds is 5. The fourth-order valence-electron chi connectivity index (χ4n) is 1.64. The summed E-state index contributed by atoms with van der Waals surface area (Å²) in [7, 11) is 1.65. The van der Waals surface area contributed by atoms with Crippen LogP contribution >= 0.6 is 15.9 Å². The van der Waals surface area contributed by atoms with Crippen molar-refractivity contribution in [1.82, 2.24) is 10.4 Å². The number of carbonyl (C=O) groups is 1. The van der Waals surface area contributed by atoms with Gasteiger partial charge in [0.05, 0.1) is 5.69 Å². The van der Waals surface area contributed by atoms with Crippen molar-refractivity contribution in [2.75, 3.05) is 12.1 Å². The molecule has 7 nitrogen and oxygen atoms in total. The molecule has 2 rings (SSSR count). The van der Waals surface area contributed by atoms with Crippen molar-refractivity contribution in [3.05, 3.63) is 52.4 Å². The van der Waals surface area contributed by atoms with Crippen LogP contribution < -0.4 is 26.9 Å². The van der Waals surface area contributed by atoms with Crippen LogP contribution in [0.1, 0.15) is 5.56 Å². The summed E-state index contributed by atoms with van der Waals surface area (Å²) < 4.78 is 19.9. The molecule has 0 radical (unpaired) electrons. The van der Waals surface area contributed by atoms with E-state index in [9.17, 15) is 4.39 Å². The van der Waals surface area contributed by atoms with Gasteiger partial charge in [0, 0.05) is 18.7 Å². The quantitative estimate of drug-likeness (QED) is 0.236. The number of hydrogen-bond donors (Lipinski definition) is 3. The molecule has 23 heavy (non-hydrogen) atoms. The number of anilines is 1. The molecule has 0 fully saturated rings. The van der Waals surface area contributed by atoms with Crippen LogP contribution in [-0.2, 0) is 11.4 Å². The fraction of sp³-hybridized carbons (Fsp3) is 0.143. The summed E-state index contributed by atoms with van der Waals surface area (Å²) in [5.74, 6) is 10.1. The lowest BCUT2D eigenvalue weighted by atomic mass is 10.1. The molecule has 1 aromatic carbocycles. The van der Waals surface area contributed by atoms with E-state index < -0.39 is 0 Å². The first kappa shape index (κ1) is 18.8. The molecule has 5 N–H and O–H groups in total. The van der Waals surface area contributed by atoms with Gasteiger partial charge in [0.2, 0.25) is 12.3 Å². The number of aromatic nitrogens is 1. The number of pyridine rings is 1. The second-order valence-corrected chi connectivity index (χ2v) is 5.03. The first-order valence-corrected chi connectivity index (χ1v) is 7.19. The van der Waals surface area contributed by atoms with E-state index in [4.69, 9.17) is 15.4 Å². The van der Waals surface area contributed by atoms with Crippen molar-refractivity contribution in [2.45, 2.75) is 6.61 Å². The Morgan fingerprint density at radius 2 is 2.04 bits per heavy atom. The molecule has 1 aromatic heterocycles. The van der Waals surface area contributed by atoms with Crippen LogP contribution in [0.5, 0.6) is 5.88 Å². The van der Waals surface area contributed by atoms with Gasteiger partial charge in [-0.3, -0.25) is 10.2 Å². The summed E-state index contributed by atoms with van der Waals surface area (Å²) in [6.45, 7) is 0.0625. The maximum absolute atomic E-state index is 13.8. The van der Waals surface area contributed by atoms with E-state index in [1.54, 1.807) is 42.8 Å². The molecule has 0 aliphatic rings. The lowest BCUT2D eigenvalue weighted by molar-refractivity contribution is -0.109. The van der Waals surface area contributed by atoms with E-state index in [-0.39, 0.29) is 12.4 Å². The predicted molar refractivity (Wildman–Crippen MR) is 88.6 cm³/mol. The SMILES string of the molecule is CN(N)c1cccc(F)c1COc1cccc(Br)n1.NNC=O. The van der Waals surface area contributed by atoms with E-state index in [0.717, 1.165) is 0 Å². The maximum Gasteiger partial charge on any atom is 0.221 e. The van der Waals surface area contributed by atoms with Crippen LogP contribution in [0.3, 0.4) is 0 Å². The molecule has 0 atom stereocenters. The van der Waals surface area contributed by atoms with Gasteiger partial charge in [-0.05, 0) is 34.1 Å². The van der Waals surface area contributed by atoms with Gasteiger partial charge in [-0.15, -0.1) is 0 Å². The Morgan fingerprint density at radius 1 is 1.39 bits per heavy atom. The smallest absolute Gasteiger partial charge is 0.221 e. The Kier molecular flexibility index (Phi) is 7.95. The molecule has 0 unspecified atom stereocenters. The van der Waals surface area contributed by atoms with E-state index in [1.165, 1.54) is 11.1 Å². The number of hydrogen-bond acceptors (Lipinski definition) is 6. The van der Waals surface area contributed by atoms with Crippen LogP contribution in [0.25, 0.3) is 0 Å². The molecule has 1 heterocycles. The Labute approximate surface area is 141 Å². The third kappa shape index (κ3) is 6.19. The van der Waals surface area contributed by atoms with Crippen LogP contribution in [0, 0.1) is 5.82 Å². The third-order valence-corrected chi connectivity index (χ3v) is 3.04. The highest BCUT2D eigenvalue weighted by Gasteiger charge is 2.11. The number of nitrogens with zero attached hydrogens (tertiary/aromatic N) is 2. The second-order valence-electron chi connectivity index (χ2n) is 4.22. The summed E-state index contributed by atoms with van der Waals surface area (Å²) in [6, 6.07) is 10.0. The van der Waals surface area contributed by atoms with Crippen molar-refractivity contribution >= 4 is 28.0 Å². The minimum absolute atomic E-state index is 0.0625. The van der Waals surface area contributed by atoms with Crippen LogP contribution in [-0.4, -0.2) is 18.4 Å². The summed E-state index contributed by atoms with van der Waals surface area (Å²) >= 11 is 3.25. The Bertz CT molecular complexity index is 642. The number of halogens is 2. The highest BCUT2D eigenvalue weighted by Crippen LogP contribution is 2.22. The van der Waals surface area contributed by atoms with Crippen molar-refractivity contribution < 1.29 is 13.9 Å². The predicted octanol–water partition coefficient (Wildman–Crippen LogP) is 1.48. The minimum atomic E-state index is -0.357. The monoisotopic (exact) mass is 385 g/mol. The largest absolute Gasteiger partial charge is 0.473 e. The van der Waals surface area contributed by atoms with E-state index in [1.807, 2.05) is 0 Å². The van der Waals surface area contributed by atoms with Crippen molar-refractivity contribution in [2.24, 2.45) is 11.7 Å². The van der Waals surface area contributed by atoms with Crippen molar-refractivity contribution in [1.29, 1.82) is 0 Å². The number of nitrogens with two attached hydrogens (primary N) is 2. The fourth-order valence-corrected chi connectivity index (χ4v) is 1.96. The molecule has 0 saturated heterocycles. The maximum atomic E-state index is 13.8. The molecular weight excluding hydrogens is 369 g/mol. The summed E-state index contributed by atoms with van der Waals surface area (Å²) in [5.41, 5.74) is 2.73. The van der Waals surface area contributed by atoms with Gasteiger partial charge in [-0.25, -0.2) is 21.1 Å². The van der Waals surface area contributed by atoms with Gasteiger partial charge in [-0.2, -0.15) is 0 Å². The molecule has 0 spiro atoms. The Balaban J connectivity index is 0.000000593. The van der Waals surface area contributed by atoms with E-state index in [2.05, 4.69) is 26.8 Å². The van der Waals surface area contributed by atoms with Crippen molar-refractivity contribution in [3.8, 4) is 5.88 Å². The molecule has 0 aliphatic carbocycles. The molecule has 1 amide bonds. The summed E-state index contributed by atoms with van der Waals surface area (Å²) in [6.07, 6.45) is 0.403. The molecule has 0 bridgehead atoms. The van der Waals surface area contributed by atoms with Gasteiger partial charge >= 0.3 is 0 Å². The first-order valence-electron chi connectivity index (χ1n) is 6.40. The summed E-state index contributed by atoms with van der Waals surface area (Å²) in [5, 5.41) is 1.36. The second kappa shape index (κ2) is 9.72. The number of hydrazine groups is 2. The topological polar surface area (TPSA) is 106 Å². The zero-order valence-corrected chi connectivity index (χ0v) is 14.0. The van der Waals surface area contributed by atoms with Crippen molar-refractivity contribution in [3.63, 3.8) is 0 Å². The number of ether oxygens (including phenoxy) is 1. The highest BCUT2D eigenvalue weighted by atomic mass is 79.9. The number of amides is 1. The molecule has 0 aliphatic heterocycles. The van der Waals surface area contributed by atoms with Gasteiger partial charge in [0.25, 0.3) is 0 Å². The lowest BCUT2D eigenvalue weighted by Crippen LogP contribution is -2.27. The lowest BCUT2D eigenvalue weighted by Gasteiger charge is -2.17. The van der Waals surface area contributed by atoms with Crippen LogP contribution in [0.4, 0.5) is 10.1 Å². The van der Waals surface area contributed by atoms with Crippen LogP contribution in [0.15, 0.2) is 41.0 Å². The zero-order valence-electron chi connectivity index (χ0n) is 12.4. The molecular formula is C14H17BrFN5O2. The molecule has 124 valence electrons. The normalized spacial score (nSPS) is 9.43. The average Bonchev–Trinajstić information content (AvgIpc) is 2.53. The van der Waals surface area contributed by atoms with Gasteiger partial charge in [0.1, 0.15) is 17.0 Å². The Hall–Kier alpha value is -2.23. The molecule has 2 aromatic rings. The third-order valence-electron chi connectivity index (χ3n) is 2.60. The number of carbonyl (C=O) groups excluding carboxylic acids is 1. The van der Waals surface area contributed by atoms with Gasteiger partial charge < -0.3 is 9.75 Å². The standard InChI is InChI=1S/C13H13BrFN3O.CH4N2O/c1-18(16)11-5-2-4-10(15)9(11)8-19-13-7-3-6-12(14)17-13;2-3-1-4/h2-7H,8,16H2,1H3;1H,2H2,(H,3,4). The Morgan fingerprint density at radius 3 is 2.61 bits per heavy atom. The summed E-state index contributed by atoms with van der Waals surface area (Å²) in [4.78, 5) is 13.1.